The summed E-state index contributed by atoms with van der Waals surface area (Å²) in [5.74, 6) is -1.13. The maximum atomic E-state index is 14.1. The van der Waals surface area contributed by atoms with Crippen LogP contribution in [0.25, 0.3) is 0 Å². The minimum Gasteiger partial charge on any atom is -0.309 e. The van der Waals surface area contributed by atoms with Gasteiger partial charge in [-0.15, -0.1) is 0 Å². The summed E-state index contributed by atoms with van der Waals surface area (Å²) in [6, 6.07) is 1.42. The molecule has 0 radical (unpaired) electrons. The van der Waals surface area contributed by atoms with Crippen molar-refractivity contribution in [1.82, 2.24) is 5.32 Å². The van der Waals surface area contributed by atoms with Crippen molar-refractivity contribution in [3.63, 3.8) is 0 Å². The molecule has 1 N–H and O–H groups in total. The van der Waals surface area contributed by atoms with E-state index in [1.54, 1.807) is 0 Å². The van der Waals surface area contributed by atoms with E-state index in [0.717, 1.165) is 24.8 Å². The van der Waals surface area contributed by atoms with Gasteiger partial charge in [0.25, 0.3) is 0 Å². The summed E-state index contributed by atoms with van der Waals surface area (Å²) < 4.78 is 51.1. The maximum absolute atomic E-state index is 14.1. The van der Waals surface area contributed by atoms with Gasteiger partial charge in [0.1, 0.15) is 11.6 Å². The van der Waals surface area contributed by atoms with Crippen LogP contribution in [0.15, 0.2) is 12.1 Å². The fourth-order valence-electron chi connectivity index (χ4n) is 1.98. The highest BCUT2D eigenvalue weighted by molar-refractivity contribution is 7.91. The molecule has 1 rings (SSSR count). The molecule has 1 aromatic rings. The molecule has 6 heteroatoms. The molecule has 1 aromatic carbocycles. The van der Waals surface area contributed by atoms with E-state index in [9.17, 15) is 17.2 Å². The molecule has 0 aliphatic rings. The Morgan fingerprint density at radius 2 is 1.85 bits per heavy atom. The summed E-state index contributed by atoms with van der Waals surface area (Å²) in [5, 5.41) is 2.15. The monoisotopic (exact) mass is 305 g/mol. The van der Waals surface area contributed by atoms with Crippen LogP contribution in [0.5, 0.6) is 0 Å². The first-order chi connectivity index (χ1) is 9.18. The van der Waals surface area contributed by atoms with Crippen LogP contribution >= 0.6 is 0 Å². The minimum atomic E-state index is -3.37. The zero-order valence-electron chi connectivity index (χ0n) is 12.2. The van der Waals surface area contributed by atoms with Crippen LogP contribution in [-0.2, 0) is 9.84 Å². The van der Waals surface area contributed by atoms with E-state index in [2.05, 4.69) is 5.32 Å². The number of halogens is 2. The van der Waals surface area contributed by atoms with Crippen LogP contribution in [0.1, 0.15) is 37.4 Å². The molecule has 3 nitrogen and oxygen atoms in total. The first-order valence-corrected chi connectivity index (χ1v) is 8.51. The molecule has 0 spiro atoms. The van der Waals surface area contributed by atoms with Gasteiger partial charge in [-0.1, -0.05) is 6.92 Å². The normalized spacial score (nSPS) is 15.1. The lowest BCUT2D eigenvalue weighted by Gasteiger charge is -2.25. The van der Waals surface area contributed by atoms with E-state index in [-0.39, 0.29) is 11.1 Å². The quantitative estimate of drug-likeness (QED) is 0.879. The third-order valence-electron chi connectivity index (χ3n) is 3.37. The number of hydrogen-bond acceptors (Lipinski definition) is 3. The molecule has 0 aliphatic carbocycles. The summed E-state index contributed by atoms with van der Waals surface area (Å²) in [4.78, 5) is 0. The van der Waals surface area contributed by atoms with E-state index >= 15 is 0 Å². The molecule has 0 saturated heterocycles. The molecular formula is C14H21F2NO2S. The van der Waals surface area contributed by atoms with Gasteiger partial charge in [0, 0.05) is 11.8 Å². The number of nitrogens with one attached hydrogen (secondary N) is 1. The summed E-state index contributed by atoms with van der Waals surface area (Å²) in [6.45, 7) is 5.41. The summed E-state index contributed by atoms with van der Waals surface area (Å²) >= 11 is 0. The van der Waals surface area contributed by atoms with E-state index in [0.29, 0.717) is 6.54 Å². The van der Waals surface area contributed by atoms with Gasteiger partial charge in [0.2, 0.25) is 0 Å². The number of benzene rings is 1. The zero-order chi connectivity index (χ0) is 15.5. The van der Waals surface area contributed by atoms with Crippen LogP contribution in [0.4, 0.5) is 8.78 Å². The standard InChI is InChI=1S/C14H21F2NO2S/c1-5-6-17-14(10(3)20(4,18)19)11-8-12(15)9(2)7-13(11)16/h7-8,10,14,17H,5-6H2,1-4H3. The summed E-state index contributed by atoms with van der Waals surface area (Å²) in [5.41, 5.74) is 0.256. The molecular weight excluding hydrogens is 284 g/mol. The average Bonchev–Trinajstić information content (AvgIpc) is 2.34. The highest BCUT2D eigenvalue weighted by Crippen LogP contribution is 2.26. The Balaban J connectivity index is 3.27. The number of hydrogen-bond donors (Lipinski definition) is 1. The minimum absolute atomic E-state index is 0.0551. The van der Waals surface area contributed by atoms with E-state index in [1.807, 2.05) is 6.92 Å². The van der Waals surface area contributed by atoms with Crippen molar-refractivity contribution in [2.24, 2.45) is 0 Å². The molecule has 0 saturated carbocycles. The van der Waals surface area contributed by atoms with Gasteiger partial charge in [0.05, 0.1) is 11.3 Å². The zero-order valence-corrected chi connectivity index (χ0v) is 13.0. The second kappa shape index (κ2) is 6.63. The van der Waals surface area contributed by atoms with Crippen LogP contribution in [0.3, 0.4) is 0 Å². The van der Waals surface area contributed by atoms with Crippen molar-refractivity contribution in [1.29, 1.82) is 0 Å². The predicted octanol–water partition coefficient (Wildman–Crippen LogP) is 2.75. The van der Waals surface area contributed by atoms with Crippen molar-refractivity contribution in [3.8, 4) is 0 Å². The molecule has 2 unspecified atom stereocenters. The Kier molecular flexibility index (Phi) is 5.65. The first kappa shape index (κ1) is 17.0. The van der Waals surface area contributed by atoms with E-state index in [4.69, 9.17) is 0 Å². The van der Waals surface area contributed by atoms with Crippen LogP contribution in [0, 0.1) is 18.6 Å². The molecule has 20 heavy (non-hydrogen) atoms. The van der Waals surface area contributed by atoms with Crippen LogP contribution in [-0.4, -0.2) is 26.5 Å². The van der Waals surface area contributed by atoms with Crippen molar-refractivity contribution < 1.29 is 17.2 Å². The highest BCUT2D eigenvalue weighted by atomic mass is 32.2. The Bertz CT molecular complexity index is 573. The lowest BCUT2D eigenvalue weighted by atomic mass is 10.0. The largest absolute Gasteiger partial charge is 0.309 e. The van der Waals surface area contributed by atoms with E-state index in [1.165, 1.54) is 13.8 Å². The van der Waals surface area contributed by atoms with Crippen molar-refractivity contribution in [3.05, 3.63) is 34.9 Å². The fourth-order valence-corrected chi connectivity index (χ4v) is 2.71. The van der Waals surface area contributed by atoms with Crippen LogP contribution < -0.4 is 5.32 Å². The maximum Gasteiger partial charge on any atom is 0.151 e. The van der Waals surface area contributed by atoms with E-state index < -0.39 is 32.8 Å². The van der Waals surface area contributed by atoms with Gasteiger partial charge in [0.15, 0.2) is 9.84 Å². The van der Waals surface area contributed by atoms with Crippen molar-refractivity contribution in [2.75, 3.05) is 12.8 Å². The molecule has 2 atom stereocenters. The molecule has 0 bridgehead atoms. The van der Waals surface area contributed by atoms with Gasteiger partial charge in [-0.3, -0.25) is 0 Å². The van der Waals surface area contributed by atoms with Crippen LogP contribution in [0.2, 0.25) is 0 Å². The van der Waals surface area contributed by atoms with Gasteiger partial charge >= 0.3 is 0 Å². The van der Waals surface area contributed by atoms with Crippen molar-refractivity contribution >= 4 is 9.84 Å². The van der Waals surface area contributed by atoms with Crippen molar-refractivity contribution in [2.45, 2.75) is 38.5 Å². The second-order valence-electron chi connectivity index (χ2n) is 5.09. The van der Waals surface area contributed by atoms with Gasteiger partial charge in [-0.05, 0) is 44.5 Å². The highest BCUT2D eigenvalue weighted by Gasteiger charge is 2.29. The summed E-state index contributed by atoms with van der Waals surface area (Å²) in [7, 11) is -3.37. The van der Waals surface area contributed by atoms with Gasteiger partial charge < -0.3 is 5.32 Å². The number of rotatable bonds is 6. The Labute approximate surface area is 119 Å². The predicted molar refractivity (Wildman–Crippen MR) is 76.4 cm³/mol. The van der Waals surface area contributed by atoms with Gasteiger partial charge in [-0.25, -0.2) is 17.2 Å². The Hall–Kier alpha value is -1.01. The lowest BCUT2D eigenvalue weighted by Crippen LogP contribution is -2.36. The fraction of sp³-hybridized carbons (Fsp3) is 0.571. The molecule has 0 amide bonds. The smallest absolute Gasteiger partial charge is 0.151 e. The SMILES string of the molecule is CCCNC(c1cc(F)c(C)cc1F)C(C)S(C)(=O)=O. The molecule has 0 heterocycles. The molecule has 114 valence electrons. The Morgan fingerprint density at radius 3 is 2.35 bits per heavy atom. The third-order valence-corrected chi connectivity index (χ3v) is 4.99. The Morgan fingerprint density at radius 1 is 1.25 bits per heavy atom. The molecule has 0 fully saturated rings. The second-order valence-corrected chi connectivity index (χ2v) is 7.49. The topological polar surface area (TPSA) is 46.2 Å². The third kappa shape index (κ3) is 3.99. The number of sulfone groups is 1. The first-order valence-electron chi connectivity index (χ1n) is 6.56. The average molecular weight is 305 g/mol. The summed E-state index contributed by atoms with van der Waals surface area (Å²) in [6.07, 6.45) is 1.86. The molecule has 0 aromatic heterocycles. The van der Waals surface area contributed by atoms with Gasteiger partial charge in [-0.2, -0.15) is 0 Å². The number of aryl methyl sites for hydroxylation is 1. The molecule has 0 aliphatic heterocycles. The lowest BCUT2D eigenvalue weighted by molar-refractivity contribution is 0.472.